The predicted octanol–water partition coefficient (Wildman–Crippen LogP) is 3.27. The molecule has 1 heterocycles. The van der Waals surface area contributed by atoms with E-state index < -0.39 is 0 Å². The van der Waals surface area contributed by atoms with Crippen LogP contribution in [0.3, 0.4) is 0 Å². The Hall–Kier alpha value is -0.250. The van der Waals surface area contributed by atoms with E-state index in [1.807, 2.05) is 19.9 Å². The summed E-state index contributed by atoms with van der Waals surface area (Å²) in [4.78, 5) is 0. The molecule has 0 fully saturated rings. The number of nitrogens with two attached hydrogens (primary N) is 1. The lowest BCUT2D eigenvalue weighted by atomic mass is 9.96. The quantitative estimate of drug-likeness (QED) is 0.789. The highest BCUT2D eigenvalue weighted by atomic mass is 79.9. The van der Waals surface area contributed by atoms with Gasteiger partial charge in [0, 0.05) is 15.1 Å². The van der Waals surface area contributed by atoms with E-state index in [0.717, 1.165) is 15.8 Å². The largest absolute Gasteiger partial charge is 0.485 e. The summed E-state index contributed by atoms with van der Waals surface area (Å²) < 4.78 is 6.64. The molecule has 2 rings (SSSR count). The minimum atomic E-state index is -0.366. The van der Waals surface area contributed by atoms with Crippen LogP contribution in [-0.4, -0.2) is 5.60 Å². The molecule has 0 saturated carbocycles. The number of ether oxygens (including phenoxy) is 1. The maximum Gasteiger partial charge on any atom is 0.127 e. The first-order valence-corrected chi connectivity index (χ1v) is 5.52. The van der Waals surface area contributed by atoms with Crippen LogP contribution in [0.25, 0.3) is 0 Å². The summed E-state index contributed by atoms with van der Waals surface area (Å²) in [5.74, 6) is 0.780. The Morgan fingerprint density at radius 3 is 2.79 bits per heavy atom. The first kappa shape index (κ1) is 10.3. The molecule has 0 aliphatic carbocycles. The van der Waals surface area contributed by atoms with E-state index in [0.29, 0.717) is 5.02 Å². The Kier molecular flexibility index (Phi) is 2.29. The van der Waals surface area contributed by atoms with E-state index in [1.165, 1.54) is 0 Å². The van der Waals surface area contributed by atoms with Gasteiger partial charge in [-0.05, 0) is 26.0 Å². The van der Waals surface area contributed by atoms with Crippen LogP contribution in [0.1, 0.15) is 25.5 Å². The summed E-state index contributed by atoms with van der Waals surface area (Å²) in [5, 5.41) is 0.653. The number of hydrogen-bond acceptors (Lipinski definition) is 2. The molecule has 0 spiro atoms. The first-order valence-electron chi connectivity index (χ1n) is 4.35. The van der Waals surface area contributed by atoms with Gasteiger partial charge in [-0.2, -0.15) is 0 Å². The van der Waals surface area contributed by atoms with Gasteiger partial charge in [-0.25, -0.2) is 0 Å². The molecule has 0 saturated heterocycles. The van der Waals surface area contributed by atoms with Crippen LogP contribution in [0, 0.1) is 0 Å². The molecule has 76 valence electrons. The maximum absolute atomic E-state index is 6.08. The number of halogens is 2. The van der Waals surface area contributed by atoms with Gasteiger partial charge in [-0.3, -0.25) is 0 Å². The molecule has 1 aliphatic heterocycles. The third kappa shape index (κ3) is 1.44. The highest BCUT2D eigenvalue weighted by Crippen LogP contribution is 2.46. The molecule has 0 bridgehead atoms. The van der Waals surface area contributed by atoms with Gasteiger partial charge in [-0.1, -0.05) is 27.5 Å². The van der Waals surface area contributed by atoms with Crippen molar-refractivity contribution in [3.8, 4) is 5.75 Å². The summed E-state index contributed by atoms with van der Waals surface area (Å²) >= 11 is 9.36. The Labute approximate surface area is 96.5 Å². The number of hydrogen-bond donors (Lipinski definition) is 1. The molecule has 0 aromatic heterocycles. The third-order valence-corrected chi connectivity index (χ3v) is 3.36. The zero-order valence-electron chi connectivity index (χ0n) is 7.97. The Morgan fingerprint density at radius 1 is 1.50 bits per heavy atom. The van der Waals surface area contributed by atoms with Crippen LogP contribution in [-0.2, 0) is 0 Å². The lowest BCUT2D eigenvalue weighted by Gasteiger charge is -2.22. The van der Waals surface area contributed by atoms with Crippen molar-refractivity contribution in [1.29, 1.82) is 0 Å². The Bertz CT molecular complexity index is 392. The normalized spacial score (nSPS) is 23.1. The monoisotopic (exact) mass is 275 g/mol. The van der Waals surface area contributed by atoms with Crippen LogP contribution in [0.4, 0.5) is 0 Å². The smallest absolute Gasteiger partial charge is 0.127 e. The van der Waals surface area contributed by atoms with Crippen LogP contribution in [0.2, 0.25) is 5.02 Å². The molecule has 1 aliphatic rings. The summed E-state index contributed by atoms with van der Waals surface area (Å²) in [6.45, 7) is 3.94. The number of rotatable bonds is 0. The summed E-state index contributed by atoms with van der Waals surface area (Å²) in [6.07, 6.45) is 0. The second-order valence-corrected chi connectivity index (χ2v) is 5.27. The highest BCUT2D eigenvalue weighted by molar-refractivity contribution is 9.10. The predicted molar refractivity (Wildman–Crippen MR) is 60.8 cm³/mol. The fourth-order valence-electron chi connectivity index (χ4n) is 1.64. The van der Waals surface area contributed by atoms with Crippen LogP contribution >= 0.6 is 27.5 Å². The molecular formula is C10H11BrClNO. The average Bonchev–Trinajstić information content (AvgIpc) is 2.21. The number of fused-ring (bicyclic) bond motifs is 1. The Morgan fingerprint density at radius 2 is 2.14 bits per heavy atom. The van der Waals surface area contributed by atoms with Crippen LogP contribution in [0.5, 0.6) is 5.75 Å². The third-order valence-electron chi connectivity index (χ3n) is 2.49. The summed E-state index contributed by atoms with van der Waals surface area (Å²) in [5.41, 5.74) is 6.71. The lowest BCUT2D eigenvalue weighted by molar-refractivity contribution is 0.112. The van der Waals surface area contributed by atoms with E-state index in [4.69, 9.17) is 22.1 Å². The average molecular weight is 277 g/mol. The van der Waals surface area contributed by atoms with Gasteiger partial charge in [0.05, 0.1) is 6.04 Å². The highest BCUT2D eigenvalue weighted by Gasteiger charge is 2.40. The van der Waals surface area contributed by atoms with Crippen molar-refractivity contribution in [2.75, 3.05) is 0 Å². The molecule has 1 unspecified atom stereocenters. The van der Waals surface area contributed by atoms with Gasteiger partial charge in [0.2, 0.25) is 0 Å². The maximum atomic E-state index is 6.08. The van der Waals surface area contributed by atoms with Gasteiger partial charge in [0.1, 0.15) is 11.4 Å². The molecule has 2 N–H and O–H groups in total. The van der Waals surface area contributed by atoms with Crippen LogP contribution in [0.15, 0.2) is 16.6 Å². The SMILES string of the molecule is CC1(C)Oc2cc(Cl)cc(Br)c2C1N. The molecule has 1 aromatic carbocycles. The Balaban J connectivity index is 2.59. The zero-order valence-corrected chi connectivity index (χ0v) is 10.3. The molecule has 2 nitrogen and oxygen atoms in total. The van der Waals surface area contributed by atoms with E-state index >= 15 is 0 Å². The van der Waals surface area contributed by atoms with E-state index in [9.17, 15) is 0 Å². The van der Waals surface area contributed by atoms with E-state index in [1.54, 1.807) is 6.07 Å². The molecule has 14 heavy (non-hydrogen) atoms. The number of benzene rings is 1. The fraction of sp³-hybridized carbons (Fsp3) is 0.400. The standard InChI is InChI=1S/C10H11BrClNO/c1-10(2)9(13)8-6(11)3-5(12)4-7(8)14-10/h3-4,9H,13H2,1-2H3. The van der Waals surface area contributed by atoms with Crippen molar-refractivity contribution in [3.63, 3.8) is 0 Å². The van der Waals surface area contributed by atoms with Gasteiger partial charge in [0.25, 0.3) is 0 Å². The van der Waals surface area contributed by atoms with Crippen molar-refractivity contribution in [2.45, 2.75) is 25.5 Å². The minimum absolute atomic E-state index is 0.121. The van der Waals surface area contributed by atoms with Gasteiger partial charge >= 0.3 is 0 Å². The van der Waals surface area contributed by atoms with Gasteiger partial charge in [-0.15, -0.1) is 0 Å². The summed E-state index contributed by atoms with van der Waals surface area (Å²) in [7, 11) is 0. The van der Waals surface area contributed by atoms with Gasteiger partial charge in [0.15, 0.2) is 0 Å². The van der Waals surface area contributed by atoms with Crippen LogP contribution < -0.4 is 10.5 Å². The molecule has 1 aromatic rings. The van der Waals surface area contributed by atoms with E-state index in [2.05, 4.69) is 15.9 Å². The molecular weight excluding hydrogens is 265 g/mol. The van der Waals surface area contributed by atoms with Crippen molar-refractivity contribution in [3.05, 3.63) is 27.2 Å². The second kappa shape index (κ2) is 3.12. The second-order valence-electron chi connectivity index (χ2n) is 3.98. The molecule has 4 heteroatoms. The minimum Gasteiger partial charge on any atom is -0.485 e. The molecule has 1 atom stereocenters. The van der Waals surface area contributed by atoms with Crippen molar-refractivity contribution >= 4 is 27.5 Å². The molecule has 0 radical (unpaired) electrons. The summed E-state index contributed by atoms with van der Waals surface area (Å²) in [6, 6.07) is 3.52. The van der Waals surface area contributed by atoms with Crippen molar-refractivity contribution in [1.82, 2.24) is 0 Å². The van der Waals surface area contributed by atoms with Crippen molar-refractivity contribution in [2.24, 2.45) is 5.73 Å². The fourth-order valence-corrected chi connectivity index (χ4v) is 2.67. The zero-order chi connectivity index (χ0) is 10.5. The molecule has 0 amide bonds. The lowest BCUT2D eigenvalue weighted by Crippen LogP contribution is -2.35. The van der Waals surface area contributed by atoms with E-state index in [-0.39, 0.29) is 11.6 Å². The van der Waals surface area contributed by atoms with Gasteiger partial charge < -0.3 is 10.5 Å². The van der Waals surface area contributed by atoms with Crippen molar-refractivity contribution < 1.29 is 4.74 Å². The first-order chi connectivity index (χ1) is 6.42. The topological polar surface area (TPSA) is 35.2 Å².